The van der Waals surface area contributed by atoms with Crippen molar-refractivity contribution in [3.8, 4) is 0 Å². The summed E-state index contributed by atoms with van der Waals surface area (Å²) in [7, 11) is 1.79. The van der Waals surface area contributed by atoms with E-state index in [1.54, 1.807) is 14.0 Å². The minimum Gasteiger partial charge on any atom is -0.354 e. The average Bonchev–Trinajstić information content (AvgIpc) is 2.89. The summed E-state index contributed by atoms with van der Waals surface area (Å²) in [6.45, 7) is 6.96. The van der Waals surface area contributed by atoms with Gasteiger partial charge in [0.25, 0.3) is 0 Å². The number of aromatic nitrogens is 2. The number of aryl methyl sites for hydroxylation is 1. The standard InChI is InChI=1S/C15H27N5O/c1-10(2)12-5-7-13(8-6-12)19-15(16-4)17-9-14-18-11(3)21-20-14/h10,12-13H,5-9H2,1-4H3,(H2,16,17,19). The maximum atomic E-state index is 4.95. The maximum Gasteiger partial charge on any atom is 0.223 e. The molecule has 1 heterocycles. The van der Waals surface area contributed by atoms with Crippen molar-refractivity contribution in [3.63, 3.8) is 0 Å². The molecule has 21 heavy (non-hydrogen) atoms. The highest BCUT2D eigenvalue weighted by atomic mass is 16.5. The van der Waals surface area contributed by atoms with Crippen molar-refractivity contribution in [1.82, 2.24) is 20.8 Å². The van der Waals surface area contributed by atoms with Gasteiger partial charge in [-0.25, -0.2) is 0 Å². The van der Waals surface area contributed by atoms with Gasteiger partial charge in [-0.05, 0) is 37.5 Å². The summed E-state index contributed by atoms with van der Waals surface area (Å²) >= 11 is 0. The third kappa shape index (κ3) is 4.72. The molecule has 118 valence electrons. The summed E-state index contributed by atoms with van der Waals surface area (Å²) in [4.78, 5) is 8.44. The van der Waals surface area contributed by atoms with Gasteiger partial charge < -0.3 is 15.2 Å². The van der Waals surface area contributed by atoms with Crippen LogP contribution in [0, 0.1) is 18.8 Å². The first-order valence-corrected chi connectivity index (χ1v) is 7.85. The molecular formula is C15H27N5O. The van der Waals surface area contributed by atoms with E-state index in [0.717, 1.165) is 17.8 Å². The monoisotopic (exact) mass is 293 g/mol. The minimum absolute atomic E-state index is 0.512. The van der Waals surface area contributed by atoms with Crippen LogP contribution in [0.5, 0.6) is 0 Å². The average molecular weight is 293 g/mol. The highest BCUT2D eigenvalue weighted by molar-refractivity contribution is 5.79. The molecule has 0 unspecified atom stereocenters. The summed E-state index contributed by atoms with van der Waals surface area (Å²) in [5.74, 6) is 3.72. The molecule has 1 aliphatic rings. The number of hydrogen-bond donors (Lipinski definition) is 2. The van der Waals surface area contributed by atoms with E-state index in [-0.39, 0.29) is 0 Å². The molecule has 6 heteroatoms. The van der Waals surface area contributed by atoms with E-state index in [2.05, 4.69) is 39.6 Å². The van der Waals surface area contributed by atoms with E-state index in [9.17, 15) is 0 Å². The van der Waals surface area contributed by atoms with Crippen molar-refractivity contribution in [3.05, 3.63) is 11.7 Å². The Morgan fingerprint density at radius 2 is 2.05 bits per heavy atom. The third-order valence-corrected chi connectivity index (χ3v) is 4.26. The lowest BCUT2D eigenvalue weighted by Gasteiger charge is -2.32. The molecule has 0 aromatic carbocycles. The van der Waals surface area contributed by atoms with E-state index in [1.807, 2.05) is 0 Å². The predicted molar refractivity (Wildman–Crippen MR) is 83.0 cm³/mol. The summed E-state index contributed by atoms with van der Waals surface area (Å²) < 4.78 is 4.95. The smallest absolute Gasteiger partial charge is 0.223 e. The van der Waals surface area contributed by atoms with Gasteiger partial charge in [-0.1, -0.05) is 19.0 Å². The summed E-state index contributed by atoms with van der Waals surface area (Å²) in [6, 6.07) is 0.512. The molecule has 0 aliphatic heterocycles. The molecule has 1 aromatic heterocycles. The van der Waals surface area contributed by atoms with Crippen LogP contribution < -0.4 is 10.6 Å². The van der Waals surface area contributed by atoms with E-state index in [0.29, 0.717) is 24.3 Å². The van der Waals surface area contributed by atoms with Crippen molar-refractivity contribution in [2.45, 2.75) is 59.0 Å². The van der Waals surface area contributed by atoms with Gasteiger partial charge in [0.15, 0.2) is 11.8 Å². The number of rotatable bonds is 4. The zero-order valence-electron chi connectivity index (χ0n) is 13.5. The van der Waals surface area contributed by atoms with E-state index in [4.69, 9.17) is 4.52 Å². The van der Waals surface area contributed by atoms with Crippen molar-refractivity contribution >= 4 is 5.96 Å². The van der Waals surface area contributed by atoms with Gasteiger partial charge in [-0.2, -0.15) is 4.98 Å². The van der Waals surface area contributed by atoms with Crippen molar-refractivity contribution < 1.29 is 4.52 Å². The molecule has 0 saturated heterocycles. The summed E-state index contributed by atoms with van der Waals surface area (Å²) in [6.07, 6.45) is 5.03. The fraction of sp³-hybridized carbons (Fsp3) is 0.800. The highest BCUT2D eigenvalue weighted by Crippen LogP contribution is 2.29. The zero-order chi connectivity index (χ0) is 15.2. The van der Waals surface area contributed by atoms with E-state index < -0.39 is 0 Å². The Morgan fingerprint density at radius 3 is 2.57 bits per heavy atom. The Bertz CT molecular complexity index is 460. The molecular weight excluding hydrogens is 266 g/mol. The first kappa shape index (κ1) is 15.8. The molecule has 2 N–H and O–H groups in total. The van der Waals surface area contributed by atoms with Gasteiger partial charge in [0.05, 0.1) is 6.54 Å². The quantitative estimate of drug-likeness (QED) is 0.658. The molecule has 0 atom stereocenters. The third-order valence-electron chi connectivity index (χ3n) is 4.26. The summed E-state index contributed by atoms with van der Waals surface area (Å²) in [5.41, 5.74) is 0. The fourth-order valence-corrected chi connectivity index (χ4v) is 2.89. The summed E-state index contributed by atoms with van der Waals surface area (Å²) in [5, 5.41) is 10.6. The van der Waals surface area contributed by atoms with Crippen LogP contribution in [0.2, 0.25) is 0 Å². The molecule has 0 bridgehead atoms. The lowest BCUT2D eigenvalue weighted by molar-refractivity contribution is 0.250. The van der Waals surface area contributed by atoms with Crippen molar-refractivity contribution in [2.24, 2.45) is 16.8 Å². The number of hydrogen-bond acceptors (Lipinski definition) is 4. The molecule has 1 aromatic rings. The van der Waals surface area contributed by atoms with Crippen molar-refractivity contribution in [2.75, 3.05) is 7.05 Å². The van der Waals surface area contributed by atoms with Crippen LogP contribution >= 0.6 is 0 Å². The molecule has 0 amide bonds. The second kappa shape index (κ2) is 7.43. The number of nitrogens with one attached hydrogen (secondary N) is 2. The van der Waals surface area contributed by atoms with Gasteiger partial charge in [-0.15, -0.1) is 0 Å². The normalized spacial score (nSPS) is 23.4. The molecule has 0 spiro atoms. The second-order valence-corrected chi connectivity index (χ2v) is 6.16. The lowest BCUT2D eigenvalue weighted by Crippen LogP contribution is -2.44. The topological polar surface area (TPSA) is 75.3 Å². The largest absolute Gasteiger partial charge is 0.354 e. The van der Waals surface area contributed by atoms with Crippen molar-refractivity contribution in [1.29, 1.82) is 0 Å². The molecule has 0 radical (unpaired) electrons. The second-order valence-electron chi connectivity index (χ2n) is 6.16. The Labute approximate surface area is 126 Å². The number of aliphatic imine (C=N–C) groups is 1. The Kier molecular flexibility index (Phi) is 5.59. The molecule has 1 aliphatic carbocycles. The molecule has 1 saturated carbocycles. The Morgan fingerprint density at radius 1 is 1.33 bits per heavy atom. The van der Waals surface area contributed by atoms with E-state index in [1.165, 1.54) is 25.7 Å². The lowest BCUT2D eigenvalue weighted by atomic mass is 9.80. The SMILES string of the molecule is CN=C(NCc1noc(C)n1)NC1CCC(C(C)C)CC1. The first-order valence-electron chi connectivity index (χ1n) is 7.85. The van der Waals surface area contributed by atoms with Crippen LogP contribution in [-0.4, -0.2) is 29.2 Å². The van der Waals surface area contributed by atoms with Gasteiger partial charge in [-0.3, -0.25) is 4.99 Å². The van der Waals surface area contributed by atoms with Gasteiger partial charge >= 0.3 is 0 Å². The predicted octanol–water partition coefficient (Wildman–Crippen LogP) is 2.26. The van der Waals surface area contributed by atoms with Gasteiger partial charge in [0.1, 0.15) is 0 Å². The molecule has 6 nitrogen and oxygen atoms in total. The van der Waals surface area contributed by atoms with Gasteiger partial charge in [0, 0.05) is 20.0 Å². The van der Waals surface area contributed by atoms with Crippen LogP contribution in [0.4, 0.5) is 0 Å². The maximum absolute atomic E-state index is 4.95. The number of guanidine groups is 1. The number of nitrogens with zero attached hydrogens (tertiary/aromatic N) is 3. The van der Waals surface area contributed by atoms with Crippen LogP contribution in [0.3, 0.4) is 0 Å². The minimum atomic E-state index is 0.512. The van der Waals surface area contributed by atoms with Crippen LogP contribution in [0.25, 0.3) is 0 Å². The van der Waals surface area contributed by atoms with Crippen LogP contribution in [0.1, 0.15) is 51.2 Å². The fourth-order valence-electron chi connectivity index (χ4n) is 2.89. The molecule has 2 rings (SSSR count). The van der Waals surface area contributed by atoms with E-state index >= 15 is 0 Å². The first-order chi connectivity index (χ1) is 10.1. The Balaban J connectivity index is 1.75. The van der Waals surface area contributed by atoms with Crippen LogP contribution in [0.15, 0.2) is 9.52 Å². The molecule has 1 fully saturated rings. The zero-order valence-corrected chi connectivity index (χ0v) is 13.5. The Hall–Kier alpha value is -1.59. The van der Waals surface area contributed by atoms with Crippen LogP contribution in [-0.2, 0) is 6.54 Å². The highest BCUT2D eigenvalue weighted by Gasteiger charge is 2.23. The van der Waals surface area contributed by atoms with Gasteiger partial charge in [0.2, 0.25) is 5.89 Å².